The molecule has 0 aliphatic carbocycles. The molecular formula is C20H26ClN3O2. The molecule has 0 aromatic heterocycles. The first-order valence-electron chi connectivity index (χ1n) is 8.61. The van der Waals surface area contributed by atoms with E-state index in [0.29, 0.717) is 6.54 Å². The summed E-state index contributed by atoms with van der Waals surface area (Å²) < 4.78 is 5.50. The van der Waals surface area contributed by atoms with Gasteiger partial charge in [0.2, 0.25) is 5.91 Å². The Kier molecular flexibility index (Phi) is 7.45. The predicted molar refractivity (Wildman–Crippen MR) is 107 cm³/mol. The molecule has 2 N–H and O–H groups in total. The summed E-state index contributed by atoms with van der Waals surface area (Å²) in [5, 5.41) is 6.40. The van der Waals surface area contributed by atoms with E-state index in [-0.39, 0.29) is 24.4 Å². The standard InChI is InChI=1S/C20H25N3O2.ClH/c1-15-7-9-16(10-8-15)22-20(24)14-23-12-11-21-13-18(23)17-5-3-4-6-19(17)25-2;/h3-10,18,21H,11-14H2,1-2H3,(H,22,24);1H. The predicted octanol–water partition coefficient (Wildman–Crippen LogP) is 3.01. The number of aryl methyl sites for hydroxylation is 1. The number of para-hydroxylation sites is 1. The number of benzene rings is 2. The molecule has 1 aliphatic rings. The van der Waals surface area contributed by atoms with Crippen molar-refractivity contribution in [2.75, 3.05) is 38.6 Å². The first-order chi connectivity index (χ1) is 12.2. The van der Waals surface area contributed by atoms with Crippen LogP contribution in [-0.2, 0) is 4.79 Å². The molecule has 1 atom stereocenters. The average molecular weight is 376 g/mol. The van der Waals surface area contributed by atoms with E-state index in [2.05, 4.69) is 21.6 Å². The number of anilines is 1. The molecule has 5 nitrogen and oxygen atoms in total. The van der Waals surface area contributed by atoms with Crippen LogP contribution >= 0.6 is 12.4 Å². The van der Waals surface area contributed by atoms with Gasteiger partial charge in [0.05, 0.1) is 19.7 Å². The lowest BCUT2D eigenvalue weighted by Gasteiger charge is -2.36. The highest BCUT2D eigenvalue weighted by molar-refractivity contribution is 5.92. The molecule has 1 aliphatic heterocycles. The zero-order valence-electron chi connectivity index (χ0n) is 15.2. The van der Waals surface area contributed by atoms with Crippen molar-refractivity contribution in [2.24, 2.45) is 0 Å². The summed E-state index contributed by atoms with van der Waals surface area (Å²) >= 11 is 0. The number of methoxy groups -OCH3 is 1. The van der Waals surface area contributed by atoms with Gasteiger partial charge in [-0.25, -0.2) is 0 Å². The molecule has 26 heavy (non-hydrogen) atoms. The third-order valence-corrected chi connectivity index (χ3v) is 4.53. The summed E-state index contributed by atoms with van der Waals surface area (Å²) in [6, 6.07) is 16.0. The van der Waals surface area contributed by atoms with Gasteiger partial charge >= 0.3 is 0 Å². The monoisotopic (exact) mass is 375 g/mol. The summed E-state index contributed by atoms with van der Waals surface area (Å²) in [5.41, 5.74) is 3.12. The van der Waals surface area contributed by atoms with Crippen molar-refractivity contribution >= 4 is 24.0 Å². The second kappa shape index (κ2) is 9.57. The largest absolute Gasteiger partial charge is 0.496 e. The zero-order chi connectivity index (χ0) is 17.6. The number of hydrogen-bond donors (Lipinski definition) is 2. The van der Waals surface area contributed by atoms with Gasteiger partial charge in [-0.1, -0.05) is 35.9 Å². The Morgan fingerprint density at radius 2 is 1.96 bits per heavy atom. The number of carbonyl (C=O) groups is 1. The van der Waals surface area contributed by atoms with Crippen LogP contribution in [0, 0.1) is 6.92 Å². The molecule has 0 bridgehead atoms. The molecule has 1 heterocycles. The SMILES string of the molecule is COc1ccccc1C1CNCCN1CC(=O)Nc1ccc(C)cc1.Cl. The second-order valence-corrected chi connectivity index (χ2v) is 6.35. The zero-order valence-corrected chi connectivity index (χ0v) is 16.0. The first kappa shape index (κ1) is 20.2. The highest BCUT2D eigenvalue weighted by Gasteiger charge is 2.27. The first-order valence-corrected chi connectivity index (χ1v) is 8.61. The van der Waals surface area contributed by atoms with Gasteiger partial charge in [-0.3, -0.25) is 9.69 Å². The number of amides is 1. The molecule has 0 radical (unpaired) electrons. The van der Waals surface area contributed by atoms with E-state index in [1.54, 1.807) is 7.11 Å². The smallest absolute Gasteiger partial charge is 0.238 e. The Balaban J connectivity index is 0.00000243. The van der Waals surface area contributed by atoms with E-state index in [1.165, 1.54) is 5.56 Å². The fraction of sp³-hybridized carbons (Fsp3) is 0.350. The van der Waals surface area contributed by atoms with Crippen LogP contribution in [-0.4, -0.2) is 44.1 Å². The van der Waals surface area contributed by atoms with Crippen molar-refractivity contribution < 1.29 is 9.53 Å². The third-order valence-electron chi connectivity index (χ3n) is 4.53. The van der Waals surface area contributed by atoms with Crippen molar-refractivity contribution in [3.63, 3.8) is 0 Å². The number of nitrogens with zero attached hydrogens (tertiary/aromatic N) is 1. The molecule has 1 saturated heterocycles. The van der Waals surface area contributed by atoms with Crippen molar-refractivity contribution in [2.45, 2.75) is 13.0 Å². The molecule has 2 aromatic rings. The Morgan fingerprint density at radius 3 is 2.69 bits per heavy atom. The molecular weight excluding hydrogens is 350 g/mol. The minimum Gasteiger partial charge on any atom is -0.496 e. The van der Waals surface area contributed by atoms with E-state index < -0.39 is 0 Å². The fourth-order valence-corrected chi connectivity index (χ4v) is 3.21. The fourth-order valence-electron chi connectivity index (χ4n) is 3.21. The topological polar surface area (TPSA) is 53.6 Å². The van der Waals surface area contributed by atoms with Crippen LogP contribution in [0.4, 0.5) is 5.69 Å². The number of rotatable bonds is 5. The van der Waals surface area contributed by atoms with Crippen LogP contribution in [0.5, 0.6) is 5.75 Å². The summed E-state index contributed by atoms with van der Waals surface area (Å²) in [7, 11) is 1.68. The number of hydrogen-bond acceptors (Lipinski definition) is 4. The van der Waals surface area contributed by atoms with E-state index in [4.69, 9.17) is 4.74 Å². The Hall–Kier alpha value is -2.08. The summed E-state index contributed by atoms with van der Waals surface area (Å²) in [4.78, 5) is 14.7. The number of nitrogens with one attached hydrogen (secondary N) is 2. The van der Waals surface area contributed by atoms with Gasteiger partial charge in [-0.05, 0) is 25.1 Å². The molecule has 6 heteroatoms. The van der Waals surface area contributed by atoms with Crippen molar-refractivity contribution in [1.82, 2.24) is 10.2 Å². The van der Waals surface area contributed by atoms with Crippen LogP contribution in [0.15, 0.2) is 48.5 Å². The van der Waals surface area contributed by atoms with E-state index in [0.717, 1.165) is 36.6 Å². The number of piperazine rings is 1. The van der Waals surface area contributed by atoms with Crippen LogP contribution in [0.3, 0.4) is 0 Å². The number of carbonyl (C=O) groups excluding carboxylic acids is 1. The van der Waals surface area contributed by atoms with E-state index in [1.807, 2.05) is 49.4 Å². The second-order valence-electron chi connectivity index (χ2n) is 6.35. The quantitative estimate of drug-likeness (QED) is 0.843. The Labute approximate surface area is 161 Å². The van der Waals surface area contributed by atoms with Gasteiger partial charge in [0.25, 0.3) is 0 Å². The van der Waals surface area contributed by atoms with Gasteiger partial charge in [0, 0.05) is 30.9 Å². The minimum absolute atomic E-state index is 0. The Bertz CT molecular complexity index is 721. The highest BCUT2D eigenvalue weighted by atomic mass is 35.5. The number of halogens is 1. The normalized spacial score (nSPS) is 17.2. The maximum Gasteiger partial charge on any atom is 0.238 e. The maximum atomic E-state index is 12.5. The van der Waals surface area contributed by atoms with E-state index in [9.17, 15) is 4.79 Å². The third kappa shape index (κ3) is 4.97. The van der Waals surface area contributed by atoms with Gasteiger partial charge in [0.1, 0.15) is 5.75 Å². The summed E-state index contributed by atoms with van der Waals surface area (Å²) in [6.45, 7) is 4.90. The van der Waals surface area contributed by atoms with Gasteiger partial charge in [-0.15, -0.1) is 12.4 Å². The van der Waals surface area contributed by atoms with Crippen molar-refractivity contribution in [3.05, 3.63) is 59.7 Å². The number of ether oxygens (including phenoxy) is 1. The van der Waals surface area contributed by atoms with Crippen LogP contribution in [0.2, 0.25) is 0 Å². The van der Waals surface area contributed by atoms with Crippen molar-refractivity contribution in [1.29, 1.82) is 0 Å². The molecule has 3 rings (SSSR count). The average Bonchev–Trinajstić information content (AvgIpc) is 2.64. The molecule has 140 valence electrons. The molecule has 2 aromatic carbocycles. The Morgan fingerprint density at radius 1 is 1.23 bits per heavy atom. The molecule has 1 unspecified atom stereocenters. The van der Waals surface area contributed by atoms with Crippen molar-refractivity contribution in [3.8, 4) is 5.75 Å². The minimum atomic E-state index is 0. The molecule has 1 amide bonds. The van der Waals surface area contributed by atoms with E-state index >= 15 is 0 Å². The summed E-state index contributed by atoms with van der Waals surface area (Å²) in [5.74, 6) is 0.866. The maximum absolute atomic E-state index is 12.5. The van der Waals surface area contributed by atoms with Gasteiger partial charge in [-0.2, -0.15) is 0 Å². The molecule has 0 spiro atoms. The molecule has 1 fully saturated rings. The molecule has 0 saturated carbocycles. The lowest BCUT2D eigenvalue weighted by Crippen LogP contribution is -2.48. The van der Waals surface area contributed by atoms with Crippen LogP contribution < -0.4 is 15.4 Å². The summed E-state index contributed by atoms with van der Waals surface area (Å²) in [6.07, 6.45) is 0. The van der Waals surface area contributed by atoms with Crippen LogP contribution in [0.25, 0.3) is 0 Å². The van der Waals surface area contributed by atoms with Crippen LogP contribution in [0.1, 0.15) is 17.2 Å². The lowest BCUT2D eigenvalue weighted by atomic mass is 10.0. The highest BCUT2D eigenvalue weighted by Crippen LogP contribution is 2.29. The van der Waals surface area contributed by atoms with Gasteiger partial charge < -0.3 is 15.4 Å². The lowest BCUT2D eigenvalue weighted by molar-refractivity contribution is -0.118. The van der Waals surface area contributed by atoms with Gasteiger partial charge in [0.15, 0.2) is 0 Å².